The van der Waals surface area contributed by atoms with Gasteiger partial charge in [0.2, 0.25) is 0 Å². The predicted molar refractivity (Wildman–Crippen MR) is 97.8 cm³/mol. The number of nitrogens with zero attached hydrogens (tertiary/aromatic N) is 1. The molecule has 1 amide bonds. The van der Waals surface area contributed by atoms with E-state index in [2.05, 4.69) is 10.3 Å². The molecule has 0 saturated heterocycles. The van der Waals surface area contributed by atoms with E-state index in [1.165, 1.54) is 0 Å². The Morgan fingerprint density at radius 2 is 2.12 bits per heavy atom. The summed E-state index contributed by atoms with van der Waals surface area (Å²) in [5.41, 5.74) is 6.13. The van der Waals surface area contributed by atoms with Crippen LogP contribution in [0.5, 0.6) is 0 Å². The maximum atomic E-state index is 14.3. The van der Waals surface area contributed by atoms with E-state index in [1.807, 2.05) is 6.07 Å². The maximum absolute atomic E-state index is 14.3. The highest BCUT2D eigenvalue weighted by atomic mass is 35.5. The first kappa shape index (κ1) is 16.8. The van der Waals surface area contributed by atoms with Crippen molar-refractivity contribution in [1.82, 2.24) is 5.32 Å². The number of benzene rings is 2. The van der Waals surface area contributed by atoms with Gasteiger partial charge in [0.1, 0.15) is 18.3 Å². The minimum atomic E-state index is -1.20. The molecular weight excluding hydrogens is 357 g/mol. The van der Waals surface area contributed by atoms with Gasteiger partial charge in [-0.25, -0.2) is 9.38 Å². The lowest BCUT2D eigenvalue weighted by molar-refractivity contribution is 0.0951. The number of nitrogens with two attached hydrogens (primary N) is 1. The van der Waals surface area contributed by atoms with Crippen LogP contribution in [-0.2, 0) is 10.3 Å². The molecule has 3 N–H and O–H groups in total. The molecule has 4 rings (SSSR count). The van der Waals surface area contributed by atoms with Crippen LogP contribution in [0, 0.1) is 5.92 Å². The van der Waals surface area contributed by atoms with Crippen LogP contribution in [0.2, 0.25) is 5.02 Å². The average Bonchev–Trinajstić information content (AvgIpc) is 3.44. The number of amides is 1. The van der Waals surface area contributed by atoms with Crippen LogP contribution < -0.4 is 11.1 Å². The van der Waals surface area contributed by atoms with Gasteiger partial charge in [-0.3, -0.25) is 10.1 Å². The monoisotopic (exact) mass is 373 g/mol. The Bertz CT molecular complexity index is 890. The van der Waals surface area contributed by atoms with Crippen molar-refractivity contribution >= 4 is 29.2 Å². The quantitative estimate of drug-likeness (QED) is 0.810. The Balaban J connectivity index is 1.70. The molecule has 134 valence electrons. The number of carbonyl (C=O) groups excluding carboxylic acids is 1. The van der Waals surface area contributed by atoms with Crippen molar-refractivity contribution in [2.45, 2.75) is 18.1 Å². The van der Waals surface area contributed by atoms with E-state index >= 15 is 0 Å². The van der Waals surface area contributed by atoms with E-state index in [0.717, 1.165) is 0 Å². The Labute approximate surface area is 155 Å². The number of hydrogen-bond donors (Lipinski definition) is 2. The van der Waals surface area contributed by atoms with Crippen LogP contribution >= 0.6 is 11.6 Å². The van der Waals surface area contributed by atoms with E-state index in [9.17, 15) is 9.18 Å². The number of amidine groups is 1. The highest BCUT2D eigenvalue weighted by Crippen LogP contribution is 2.54. The molecule has 2 aliphatic rings. The predicted octanol–water partition coefficient (Wildman–Crippen LogP) is 3.29. The number of aliphatic imine (C=N–C) groups is 1. The van der Waals surface area contributed by atoms with Crippen molar-refractivity contribution in [2.75, 3.05) is 12.4 Å². The number of carbonyl (C=O) groups is 1. The number of nitrogens with one attached hydrogen (secondary N) is 1. The van der Waals surface area contributed by atoms with Crippen LogP contribution in [-0.4, -0.2) is 24.7 Å². The average molecular weight is 374 g/mol. The normalized spacial score (nSPS) is 26.3. The van der Waals surface area contributed by atoms with Crippen molar-refractivity contribution in [1.29, 1.82) is 0 Å². The molecule has 1 heterocycles. The smallest absolute Gasteiger partial charge is 0.292 e. The van der Waals surface area contributed by atoms with Gasteiger partial charge in [0.15, 0.2) is 0 Å². The van der Waals surface area contributed by atoms with Crippen LogP contribution in [0.1, 0.15) is 22.3 Å². The summed E-state index contributed by atoms with van der Waals surface area (Å²) in [6, 6.07) is 13.6. The molecule has 5 nitrogen and oxygen atoms in total. The van der Waals surface area contributed by atoms with Crippen LogP contribution in [0.25, 0.3) is 0 Å². The number of fused-ring (bicyclic) bond motifs is 1. The highest BCUT2D eigenvalue weighted by Gasteiger charge is 2.60. The second-order valence-corrected chi connectivity index (χ2v) is 6.94. The van der Waals surface area contributed by atoms with Gasteiger partial charge in [-0.05, 0) is 36.8 Å². The minimum absolute atomic E-state index is 0.00810. The number of hydrogen-bond acceptors (Lipinski definition) is 4. The highest BCUT2D eigenvalue weighted by molar-refractivity contribution is 6.31. The molecule has 1 saturated carbocycles. The Hall–Kier alpha value is -2.60. The molecular formula is C19H17ClFN3O2. The fourth-order valence-electron chi connectivity index (χ4n) is 3.39. The zero-order chi connectivity index (χ0) is 18.3. The second-order valence-electron chi connectivity index (χ2n) is 6.53. The fourth-order valence-corrected chi connectivity index (χ4v) is 3.67. The lowest BCUT2D eigenvalue weighted by atomic mass is 9.85. The van der Waals surface area contributed by atoms with Crippen LogP contribution in [0.15, 0.2) is 53.5 Å². The largest absolute Gasteiger partial charge is 0.461 e. The molecule has 3 atom stereocenters. The molecule has 1 aliphatic carbocycles. The van der Waals surface area contributed by atoms with Gasteiger partial charge >= 0.3 is 0 Å². The van der Waals surface area contributed by atoms with Gasteiger partial charge in [-0.15, -0.1) is 0 Å². The van der Waals surface area contributed by atoms with Gasteiger partial charge < -0.3 is 10.5 Å². The Kier molecular flexibility index (Phi) is 4.07. The van der Waals surface area contributed by atoms with Crippen molar-refractivity contribution in [3.63, 3.8) is 0 Å². The summed E-state index contributed by atoms with van der Waals surface area (Å²) in [4.78, 5) is 16.8. The number of rotatable bonds is 3. The van der Waals surface area contributed by atoms with E-state index in [4.69, 9.17) is 22.1 Å². The summed E-state index contributed by atoms with van der Waals surface area (Å²) in [6.07, 6.45) is 0.440. The van der Waals surface area contributed by atoms with Crippen LogP contribution in [0.3, 0.4) is 0 Å². The topological polar surface area (TPSA) is 76.7 Å². The first-order valence-corrected chi connectivity index (χ1v) is 8.65. The second kappa shape index (κ2) is 6.29. The number of anilines is 1. The summed E-state index contributed by atoms with van der Waals surface area (Å²) in [5.74, 6) is -0.501. The Morgan fingerprint density at radius 1 is 1.35 bits per heavy atom. The molecule has 2 aromatic carbocycles. The lowest BCUT2D eigenvalue weighted by Crippen LogP contribution is -2.43. The van der Waals surface area contributed by atoms with Gasteiger partial charge in [0, 0.05) is 27.8 Å². The van der Waals surface area contributed by atoms with E-state index in [-0.39, 0.29) is 24.0 Å². The van der Waals surface area contributed by atoms with Gasteiger partial charge in [0.25, 0.3) is 11.9 Å². The SMILES string of the molecule is Nc1ccc(Cl)c([C@@]2(CF)N=C(NC(=O)c3ccccc3)OC3C[C@@H]32)c1. The maximum Gasteiger partial charge on any atom is 0.292 e. The lowest BCUT2D eigenvalue weighted by Gasteiger charge is -2.32. The summed E-state index contributed by atoms with van der Waals surface area (Å²) in [7, 11) is 0. The zero-order valence-corrected chi connectivity index (χ0v) is 14.5. The Morgan fingerprint density at radius 3 is 2.85 bits per heavy atom. The van der Waals surface area contributed by atoms with Crippen LogP contribution in [0.4, 0.5) is 10.1 Å². The third-order valence-electron chi connectivity index (χ3n) is 4.83. The molecule has 1 aliphatic heterocycles. The summed E-state index contributed by atoms with van der Waals surface area (Å²) in [6.45, 7) is -0.759. The molecule has 1 fully saturated rings. The molecule has 0 radical (unpaired) electrons. The van der Waals surface area contributed by atoms with E-state index in [1.54, 1.807) is 42.5 Å². The van der Waals surface area contributed by atoms with E-state index in [0.29, 0.717) is 28.3 Å². The summed E-state index contributed by atoms with van der Waals surface area (Å²) < 4.78 is 19.9. The fraction of sp³-hybridized carbons (Fsp3) is 0.263. The van der Waals surface area contributed by atoms with Gasteiger partial charge in [0.05, 0.1) is 0 Å². The third-order valence-corrected chi connectivity index (χ3v) is 5.16. The van der Waals surface area contributed by atoms with Crippen molar-refractivity contribution in [2.24, 2.45) is 10.9 Å². The zero-order valence-electron chi connectivity index (χ0n) is 13.8. The molecule has 0 spiro atoms. The third kappa shape index (κ3) is 2.80. The molecule has 7 heteroatoms. The summed E-state index contributed by atoms with van der Waals surface area (Å²) in [5, 5.41) is 3.02. The molecule has 2 aromatic rings. The molecule has 0 bridgehead atoms. The number of alkyl halides is 1. The minimum Gasteiger partial charge on any atom is -0.461 e. The number of nitrogen functional groups attached to an aromatic ring is 1. The number of halogens is 2. The molecule has 1 unspecified atom stereocenters. The van der Waals surface area contributed by atoms with Gasteiger partial charge in [-0.2, -0.15) is 0 Å². The van der Waals surface area contributed by atoms with Crippen molar-refractivity contribution in [3.05, 3.63) is 64.7 Å². The van der Waals surface area contributed by atoms with E-state index < -0.39 is 12.2 Å². The molecule has 0 aromatic heterocycles. The summed E-state index contributed by atoms with van der Waals surface area (Å²) >= 11 is 6.31. The van der Waals surface area contributed by atoms with Crippen molar-refractivity contribution < 1.29 is 13.9 Å². The van der Waals surface area contributed by atoms with Crippen molar-refractivity contribution in [3.8, 4) is 0 Å². The molecule has 26 heavy (non-hydrogen) atoms. The van der Waals surface area contributed by atoms with Gasteiger partial charge in [-0.1, -0.05) is 29.8 Å². The first-order valence-electron chi connectivity index (χ1n) is 8.28. The first-order chi connectivity index (χ1) is 12.5. The number of ether oxygens (including phenoxy) is 1. The standard InChI is InChI=1S/C19H17ClFN3O2/c20-15-7-6-12(22)8-13(15)19(10-21)14-9-16(14)26-18(24-19)23-17(25)11-4-2-1-3-5-11/h1-8,14,16H,9-10,22H2,(H,23,24,25)/t14-,16?,19+/m0/s1.